The highest BCUT2D eigenvalue weighted by Gasteiger charge is 2.10. The molecule has 0 saturated heterocycles. The van der Waals surface area contributed by atoms with Crippen molar-refractivity contribution in [3.05, 3.63) is 94.3 Å². The van der Waals surface area contributed by atoms with Crippen molar-refractivity contribution in [3.63, 3.8) is 0 Å². The van der Waals surface area contributed by atoms with E-state index in [1.54, 1.807) is 0 Å². The highest BCUT2D eigenvalue weighted by molar-refractivity contribution is 7.79. The van der Waals surface area contributed by atoms with Crippen molar-refractivity contribution in [2.24, 2.45) is 10.2 Å². The van der Waals surface area contributed by atoms with Gasteiger partial charge in [-0.1, -0.05) is 18.2 Å². The summed E-state index contributed by atoms with van der Waals surface area (Å²) in [5.74, 6) is 0. The van der Waals surface area contributed by atoms with E-state index < -0.39 is 15.3 Å². The summed E-state index contributed by atoms with van der Waals surface area (Å²) in [4.78, 5) is 10.3. The van der Waals surface area contributed by atoms with Gasteiger partial charge in [-0.2, -0.15) is 10.4 Å². The smallest absolute Gasteiger partial charge is 0.270 e. The molecular formula is C22H22N6O6S. The lowest BCUT2D eigenvalue weighted by atomic mass is 10.1. The Bertz CT molecular complexity index is 1280. The fraction of sp³-hybridized carbons (Fsp3) is 0.182. The predicted octanol–water partition coefficient (Wildman–Crippen LogP) is 3.01. The topological polar surface area (TPSA) is 185 Å². The Labute approximate surface area is 201 Å². The molecule has 3 aromatic rings. The van der Waals surface area contributed by atoms with Crippen molar-refractivity contribution in [2.45, 2.75) is 13.0 Å². The second-order valence-corrected chi connectivity index (χ2v) is 7.83. The lowest BCUT2D eigenvalue weighted by Gasteiger charge is -2.04. The first kappa shape index (κ1) is 27.2. The Hall–Kier alpha value is -4.09. The maximum atomic E-state index is 10.8. The lowest BCUT2D eigenvalue weighted by molar-refractivity contribution is -0.695. The van der Waals surface area contributed by atoms with E-state index in [2.05, 4.69) is 20.1 Å². The zero-order valence-electron chi connectivity index (χ0n) is 18.4. The summed E-state index contributed by atoms with van der Waals surface area (Å²) in [7, 11) is -4.92. The van der Waals surface area contributed by atoms with Crippen LogP contribution in [0.15, 0.2) is 83.3 Å². The van der Waals surface area contributed by atoms with E-state index in [1.165, 1.54) is 23.8 Å². The molecule has 0 aliphatic heterocycles. The molecule has 0 fully saturated rings. The monoisotopic (exact) mass is 498 g/mol. The highest BCUT2D eigenvalue weighted by atomic mass is 32.3. The minimum Gasteiger partial charge on any atom is -0.726 e. The van der Waals surface area contributed by atoms with Gasteiger partial charge in [0.25, 0.3) is 5.69 Å². The van der Waals surface area contributed by atoms with Crippen molar-refractivity contribution in [1.29, 1.82) is 5.26 Å². The number of benzene rings is 2. The van der Waals surface area contributed by atoms with E-state index in [0.29, 0.717) is 11.4 Å². The molecule has 12 nitrogen and oxygen atoms in total. The minimum absolute atomic E-state index is 0.115. The number of aromatic nitrogens is 1. The van der Waals surface area contributed by atoms with Crippen LogP contribution in [0, 0.1) is 21.4 Å². The number of nitrogens with one attached hydrogen (secondary N) is 1. The minimum atomic E-state index is -4.92. The van der Waals surface area contributed by atoms with E-state index >= 15 is 0 Å². The van der Waals surface area contributed by atoms with Crippen LogP contribution in [0.5, 0.6) is 0 Å². The number of pyridine rings is 1. The Balaban J connectivity index is 0.000000784. The van der Waals surface area contributed by atoms with Crippen LogP contribution < -0.4 is 9.88 Å². The van der Waals surface area contributed by atoms with Crippen molar-refractivity contribution >= 4 is 27.5 Å². The standard InChI is InChI=1S/C22H21N6O2.H2O4S/c23-17-19-16-21(28(29)30)8-9-22(19)26-25-20-6-4-18(5-7-20)10-11-24-12-15-27-13-2-1-3-14-27;1-5(2,3)4/h1-9,13-14,16,24H,10-12,15H2;(H2,1,2,3,4)/q+1;/p-1. The first-order valence-electron chi connectivity index (χ1n) is 10.2. The molecule has 0 unspecified atom stereocenters. The summed E-state index contributed by atoms with van der Waals surface area (Å²) < 4.78 is 35.0. The zero-order chi connectivity index (χ0) is 25.7. The van der Waals surface area contributed by atoms with E-state index in [-0.39, 0.29) is 11.3 Å². The highest BCUT2D eigenvalue weighted by Crippen LogP contribution is 2.26. The van der Waals surface area contributed by atoms with E-state index in [0.717, 1.165) is 26.1 Å². The van der Waals surface area contributed by atoms with E-state index in [9.17, 15) is 10.1 Å². The van der Waals surface area contributed by atoms with Crippen molar-refractivity contribution in [2.75, 3.05) is 13.1 Å². The van der Waals surface area contributed by atoms with Gasteiger partial charge in [0.1, 0.15) is 11.8 Å². The first-order valence-corrected chi connectivity index (χ1v) is 11.5. The van der Waals surface area contributed by atoms with Crippen LogP contribution >= 0.6 is 0 Å². The third kappa shape index (κ3) is 11.1. The Morgan fingerprint density at radius 2 is 1.71 bits per heavy atom. The Morgan fingerprint density at radius 3 is 2.31 bits per heavy atom. The molecule has 0 saturated carbocycles. The van der Waals surface area contributed by atoms with Crippen molar-refractivity contribution in [3.8, 4) is 6.07 Å². The number of nitriles is 1. The van der Waals surface area contributed by atoms with Gasteiger partial charge in [-0.15, -0.1) is 5.11 Å². The molecule has 0 bridgehead atoms. The summed E-state index contributed by atoms with van der Waals surface area (Å²) in [6.07, 6.45) is 4.99. The number of non-ortho nitro benzene ring substituents is 1. The average molecular weight is 499 g/mol. The van der Waals surface area contributed by atoms with Crippen LogP contribution in [0.3, 0.4) is 0 Å². The molecule has 0 aliphatic carbocycles. The molecule has 2 aromatic carbocycles. The van der Waals surface area contributed by atoms with Gasteiger partial charge >= 0.3 is 0 Å². The summed E-state index contributed by atoms with van der Waals surface area (Å²) in [6.45, 7) is 2.70. The van der Waals surface area contributed by atoms with Gasteiger partial charge in [0.05, 0.1) is 22.7 Å². The van der Waals surface area contributed by atoms with Gasteiger partial charge in [0.2, 0.25) is 10.4 Å². The first-order chi connectivity index (χ1) is 16.7. The van der Waals surface area contributed by atoms with Gasteiger partial charge in [-0.05, 0) is 36.7 Å². The predicted molar refractivity (Wildman–Crippen MR) is 124 cm³/mol. The molecule has 2 N–H and O–H groups in total. The third-order valence-electron chi connectivity index (χ3n) is 4.44. The molecule has 182 valence electrons. The largest absolute Gasteiger partial charge is 0.726 e. The number of nitro benzene ring substituents is 1. The van der Waals surface area contributed by atoms with E-state index in [1.807, 2.05) is 60.9 Å². The summed E-state index contributed by atoms with van der Waals surface area (Å²) >= 11 is 0. The molecular weight excluding hydrogens is 476 g/mol. The molecule has 13 heteroatoms. The fourth-order valence-electron chi connectivity index (χ4n) is 2.80. The van der Waals surface area contributed by atoms with Crippen LogP contribution in [0.2, 0.25) is 0 Å². The number of rotatable bonds is 9. The molecule has 0 radical (unpaired) electrons. The molecule has 0 spiro atoms. The molecule has 3 rings (SSSR count). The maximum Gasteiger partial charge on any atom is 0.270 e. The van der Waals surface area contributed by atoms with Gasteiger partial charge in [0, 0.05) is 24.3 Å². The normalized spacial score (nSPS) is 10.9. The van der Waals surface area contributed by atoms with Crippen molar-refractivity contribution in [1.82, 2.24) is 5.32 Å². The molecule has 35 heavy (non-hydrogen) atoms. The quantitative estimate of drug-likeness (QED) is 0.0857. The van der Waals surface area contributed by atoms with Gasteiger partial charge in [-0.25, -0.2) is 13.0 Å². The van der Waals surface area contributed by atoms with Gasteiger partial charge < -0.3 is 9.87 Å². The third-order valence-corrected chi connectivity index (χ3v) is 4.44. The summed E-state index contributed by atoms with van der Waals surface area (Å²) in [5.41, 5.74) is 2.10. The van der Waals surface area contributed by atoms with Crippen molar-refractivity contribution < 1.29 is 27.0 Å². The van der Waals surface area contributed by atoms with Gasteiger partial charge in [0.15, 0.2) is 18.9 Å². The Morgan fingerprint density at radius 1 is 1.06 bits per heavy atom. The summed E-state index contributed by atoms with van der Waals surface area (Å²) in [5, 5.41) is 31.6. The van der Waals surface area contributed by atoms with E-state index in [4.69, 9.17) is 22.8 Å². The number of nitro groups is 1. The zero-order valence-corrected chi connectivity index (χ0v) is 19.2. The fourth-order valence-corrected chi connectivity index (χ4v) is 2.80. The van der Waals surface area contributed by atoms with Gasteiger partial charge in [-0.3, -0.25) is 14.7 Å². The van der Waals surface area contributed by atoms with Crippen LogP contribution in [-0.4, -0.2) is 35.5 Å². The number of hydrogen-bond acceptors (Lipinski definition) is 9. The second-order valence-electron chi connectivity index (χ2n) is 6.98. The maximum absolute atomic E-state index is 10.8. The average Bonchev–Trinajstić information content (AvgIpc) is 2.82. The molecule has 1 heterocycles. The van der Waals surface area contributed by atoms with Crippen LogP contribution in [0.4, 0.5) is 17.1 Å². The number of nitrogens with zero attached hydrogens (tertiary/aromatic N) is 5. The SMILES string of the molecule is N#Cc1cc([N+](=O)[O-])ccc1N=Nc1ccc(CCNCC[n+]2ccccc2)cc1.O=S(=O)([O-])O. The number of azo groups is 1. The Kier molecular flexibility index (Phi) is 10.5. The molecule has 0 aliphatic rings. The molecule has 0 atom stereocenters. The second kappa shape index (κ2) is 13.6. The van der Waals surface area contributed by atoms with Crippen LogP contribution in [0.1, 0.15) is 11.1 Å². The molecule has 0 amide bonds. The molecule has 1 aromatic heterocycles. The number of hydrogen-bond donors (Lipinski definition) is 2. The lowest BCUT2D eigenvalue weighted by Crippen LogP contribution is -2.38. The summed E-state index contributed by atoms with van der Waals surface area (Å²) in [6, 6.07) is 19.6. The van der Waals surface area contributed by atoms with Crippen LogP contribution in [0.25, 0.3) is 0 Å². The van der Waals surface area contributed by atoms with Crippen LogP contribution in [-0.2, 0) is 23.4 Å².